The number of ether oxygens (including phenoxy) is 1. The highest BCUT2D eigenvalue weighted by molar-refractivity contribution is 9.10. The number of nitrogens with two attached hydrogens (primary N) is 1. The van der Waals surface area contributed by atoms with Crippen LogP contribution in [0.4, 0.5) is 0 Å². The molecule has 2 aromatic rings. The van der Waals surface area contributed by atoms with E-state index in [2.05, 4.69) is 15.9 Å². The van der Waals surface area contributed by atoms with Crippen LogP contribution in [0.2, 0.25) is 10.0 Å². The largest absolute Gasteiger partial charge is 0.492 e. The Bertz CT molecular complexity index is 619. The van der Waals surface area contributed by atoms with Crippen molar-refractivity contribution in [1.82, 2.24) is 0 Å². The fourth-order valence-electron chi connectivity index (χ4n) is 1.94. The van der Waals surface area contributed by atoms with Crippen LogP contribution in [0.5, 0.6) is 5.75 Å². The first kappa shape index (κ1) is 15.6. The summed E-state index contributed by atoms with van der Waals surface area (Å²) in [5, 5.41) is 1.05. The summed E-state index contributed by atoms with van der Waals surface area (Å²) in [5.41, 5.74) is 8.02. The van der Waals surface area contributed by atoms with E-state index in [-0.39, 0.29) is 6.04 Å². The third-order valence-corrected chi connectivity index (χ3v) is 4.27. The molecule has 0 aliphatic rings. The van der Waals surface area contributed by atoms with Gasteiger partial charge in [-0.2, -0.15) is 0 Å². The maximum atomic E-state index is 6.30. The van der Waals surface area contributed by atoms with Crippen LogP contribution in [-0.2, 0) is 0 Å². The molecule has 2 aromatic carbocycles. The zero-order chi connectivity index (χ0) is 14.7. The number of hydrogen-bond acceptors (Lipinski definition) is 2. The van der Waals surface area contributed by atoms with Crippen LogP contribution in [0.3, 0.4) is 0 Å². The van der Waals surface area contributed by atoms with Crippen LogP contribution >= 0.6 is 39.1 Å². The molecular formula is C15H14BrCl2NO. The summed E-state index contributed by atoms with van der Waals surface area (Å²) in [5.74, 6) is 0.572. The average molecular weight is 375 g/mol. The second-order valence-corrected chi connectivity index (χ2v) is 5.91. The molecule has 0 aliphatic heterocycles. The van der Waals surface area contributed by atoms with Crippen molar-refractivity contribution in [2.45, 2.75) is 13.0 Å². The molecule has 5 heteroatoms. The zero-order valence-corrected chi connectivity index (χ0v) is 14.0. The minimum atomic E-state index is -0.355. The summed E-state index contributed by atoms with van der Waals surface area (Å²) in [4.78, 5) is 0. The van der Waals surface area contributed by atoms with Gasteiger partial charge in [0.1, 0.15) is 5.75 Å². The summed E-state index contributed by atoms with van der Waals surface area (Å²) in [6.45, 7) is 2.43. The molecule has 0 spiro atoms. The zero-order valence-electron chi connectivity index (χ0n) is 10.9. The van der Waals surface area contributed by atoms with Gasteiger partial charge in [0.2, 0.25) is 0 Å². The Morgan fingerprint density at radius 1 is 1.15 bits per heavy atom. The van der Waals surface area contributed by atoms with Crippen molar-refractivity contribution in [2.75, 3.05) is 6.61 Å². The monoisotopic (exact) mass is 373 g/mol. The fraction of sp³-hybridized carbons (Fsp3) is 0.200. The average Bonchev–Trinajstić information content (AvgIpc) is 2.42. The molecule has 0 bridgehead atoms. The Labute approximate surface area is 137 Å². The van der Waals surface area contributed by atoms with Crippen LogP contribution in [-0.4, -0.2) is 6.61 Å². The molecule has 0 saturated carbocycles. The quantitative estimate of drug-likeness (QED) is 0.797. The van der Waals surface area contributed by atoms with Crippen molar-refractivity contribution in [3.63, 3.8) is 0 Å². The van der Waals surface area contributed by atoms with E-state index >= 15 is 0 Å². The first-order valence-corrected chi connectivity index (χ1v) is 7.71. The molecule has 2 rings (SSSR count). The van der Waals surface area contributed by atoms with Crippen LogP contribution < -0.4 is 10.5 Å². The fourth-order valence-corrected chi connectivity index (χ4v) is 2.97. The van der Waals surface area contributed by atoms with E-state index in [1.165, 1.54) is 0 Å². The number of benzene rings is 2. The summed E-state index contributed by atoms with van der Waals surface area (Å²) in [6, 6.07) is 10.9. The Morgan fingerprint density at radius 3 is 2.50 bits per heavy atom. The van der Waals surface area contributed by atoms with Gasteiger partial charge in [-0.15, -0.1) is 0 Å². The van der Waals surface area contributed by atoms with Gasteiger partial charge in [-0.3, -0.25) is 0 Å². The molecule has 1 unspecified atom stereocenters. The van der Waals surface area contributed by atoms with Gasteiger partial charge in [0, 0.05) is 15.6 Å². The standard InChI is InChI=1S/C15H14BrCl2NO/c1-2-20-14-8-12(17)10(7-13(14)18)15(19)9-5-3-4-6-11(9)16/h3-8,15H,2,19H2,1H3. The molecule has 2 N–H and O–H groups in total. The van der Waals surface area contributed by atoms with Gasteiger partial charge < -0.3 is 10.5 Å². The lowest BCUT2D eigenvalue weighted by atomic mass is 9.99. The summed E-state index contributed by atoms with van der Waals surface area (Å²) in [6.07, 6.45) is 0. The second-order valence-electron chi connectivity index (χ2n) is 4.24. The lowest BCUT2D eigenvalue weighted by Crippen LogP contribution is -2.13. The van der Waals surface area contributed by atoms with Gasteiger partial charge in [-0.1, -0.05) is 57.3 Å². The first-order chi connectivity index (χ1) is 9.54. The summed E-state index contributed by atoms with van der Waals surface area (Å²) in [7, 11) is 0. The molecule has 106 valence electrons. The molecule has 0 radical (unpaired) electrons. The Hall–Kier alpha value is -0.740. The molecule has 2 nitrogen and oxygen atoms in total. The van der Waals surface area contributed by atoms with Crippen molar-refractivity contribution in [1.29, 1.82) is 0 Å². The highest BCUT2D eigenvalue weighted by Gasteiger charge is 2.17. The summed E-state index contributed by atoms with van der Waals surface area (Å²) < 4.78 is 6.35. The van der Waals surface area contributed by atoms with Gasteiger partial charge in [0.05, 0.1) is 17.7 Å². The highest BCUT2D eigenvalue weighted by Crippen LogP contribution is 2.36. The van der Waals surface area contributed by atoms with Gasteiger partial charge in [-0.25, -0.2) is 0 Å². The lowest BCUT2D eigenvalue weighted by molar-refractivity contribution is 0.340. The van der Waals surface area contributed by atoms with Gasteiger partial charge >= 0.3 is 0 Å². The van der Waals surface area contributed by atoms with Gasteiger partial charge in [-0.05, 0) is 30.2 Å². The van der Waals surface area contributed by atoms with Crippen molar-refractivity contribution in [2.24, 2.45) is 5.73 Å². The normalized spacial score (nSPS) is 12.2. The van der Waals surface area contributed by atoms with E-state index < -0.39 is 0 Å². The minimum absolute atomic E-state index is 0.355. The van der Waals surface area contributed by atoms with Gasteiger partial charge in [0.25, 0.3) is 0 Å². The number of hydrogen-bond donors (Lipinski definition) is 1. The van der Waals surface area contributed by atoms with Crippen molar-refractivity contribution in [3.8, 4) is 5.75 Å². The molecule has 20 heavy (non-hydrogen) atoms. The predicted octanol–water partition coefficient (Wildman–Crippen LogP) is 5.20. The topological polar surface area (TPSA) is 35.2 Å². The summed E-state index contributed by atoms with van der Waals surface area (Å²) >= 11 is 16.0. The smallest absolute Gasteiger partial charge is 0.139 e. The van der Waals surface area contributed by atoms with Crippen LogP contribution in [0.1, 0.15) is 24.1 Å². The van der Waals surface area contributed by atoms with E-state index in [4.69, 9.17) is 33.7 Å². The van der Waals surface area contributed by atoms with Crippen LogP contribution in [0.15, 0.2) is 40.9 Å². The first-order valence-electron chi connectivity index (χ1n) is 6.16. The molecule has 0 fully saturated rings. The Morgan fingerprint density at radius 2 is 1.85 bits per heavy atom. The predicted molar refractivity (Wildman–Crippen MR) is 87.8 cm³/mol. The van der Waals surface area contributed by atoms with Crippen molar-refractivity contribution < 1.29 is 4.74 Å². The lowest BCUT2D eigenvalue weighted by Gasteiger charge is -2.17. The molecular weight excluding hydrogens is 361 g/mol. The SMILES string of the molecule is CCOc1cc(Cl)c(C(N)c2ccccc2Br)cc1Cl. The molecule has 0 heterocycles. The third-order valence-electron chi connectivity index (χ3n) is 2.93. The molecule has 0 amide bonds. The van der Waals surface area contributed by atoms with E-state index in [0.29, 0.717) is 22.4 Å². The Kier molecular flexibility index (Phi) is 5.33. The maximum absolute atomic E-state index is 6.30. The number of rotatable bonds is 4. The third kappa shape index (κ3) is 3.29. The molecule has 0 aromatic heterocycles. The van der Waals surface area contributed by atoms with E-state index in [9.17, 15) is 0 Å². The van der Waals surface area contributed by atoms with E-state index in [0.717, 1.165) is 15.6 Å². The maximum Gasteiger partial charge on any atom is 0.139 e. The van der Waals surface area contributed by atoms with E-state index in [1.807, 2.05) is 31.2 Å². The second kappa shape index (κ2) is 6.81. The Balaban J connectivity index is 2.43. The van der Waals surface area contributed by atoms with Crippen LogP contribution in [0.25, 0.3) is 0 Å². The van der Waals surface area contributed by atoms with Crippen molar-refractivity contribution in [3.05, 3.63) is 62.0 Å². The number of halogens is 3. The molecule has 0 aliphatic carbocycles. The highest BCUT2D eigenvalue weighted by atomic mass is 79.9. The molecule has 0 saturated heterocycles. The minimum Gasteiger partial charge on any atom is -0.492 e. The van der Waals surface area contributed by atoms with Crippen LogP contribution in [0, 0.1) is 0 Å². The van der Waals surface area contributed by atoms with Crippen molar-refractivity contribution >= 4 is 39.1 Å². The van der Waals surface area contributed by atoms with Gasteiger partial charge in [0.15, 0.2) is 0 Å². The van der Waals surface area contributed by atoms with E-state index in [1.54, 1.807) is 12.1 Å². The molecule has 1 atom stereocenters.